The highest BCUT2D eigenvalue weighted by molar-refractivity contribution is 5.98. The van der Waals surface area contributed by atoms with Crippen molar-refractivity contribution in [3.05, 3.63) is 54.1 Å². The van der Waals surface area contributed by atoms with E-state index >= 15 is 0 Å². The van der Waals surface area contributed by atoms with E-state index in [1.807, 2.05) is 43.3 Å². The molecule has 1 heterocycles. The predicted molar refractivity (Wildman–Crippen MR) is 99.9 cm³/mol. The molecule has 7 heteroatoms. The molecule has 134 valence electrons. The van der Waals surface area contributed by atoms with Crippen LogP contribution in [0.4, 0.5) is 10.5 Å². The van der Waals surface area contributed by atoms with Crippen LogP contribution in [0.25, 0.3) is 11.1 Å². The van der Waals surface area contributed by atoms with Crippen molar-refractivity contribution in [3.63, 3.8) is 0 Å². The lowest BCUT2D eigenvalue weighted by Gasteiger charge is -2.33. The van der Waals surface area contributed by atoms with Crippen LogP contribution in [0, 0.1) is 0 Å². The molecule has 0 aromatic heterocycles. The van der Waals surface area contributed by atoms with Crippen molar-refractivity contribution in [2.24, 2.45) is 10.7 Å². The van der Waals surface area contributed by atoms with Crippen LogP contribution in [0.2, 0.25) is 0 Å². The summed E-state index contributed by atoms with van der Waals surface area (Å²) >= 11 is 0. The Balaban J connectivity index is 1.94. The molecule has 1 atom stereocenters. The largest absolute Gasteiger partial charge is 0.465 e. The molecule has 0 spiro atoms. The number of guanidine groups is 1. The number of hydrogen-bond donors (Lipinski definition) is 3. The molecule has 2 amide bonds. The lowest BCUT2D eigenvalue weighted by Crippen LogP contribution is -2.47. The van der Waals surface area contributed by atoms with Crippen molar-refractivity contribution in [1.82, 2.24) is 4.90 Å². The van der Waals surface area contributed by atoms with Gasteiger partial charge in [0.05, 0.1) is 12.0 Å². The standard InChI is InChI=1S/C19H20N4O3/c1-19(11-16(24)23(2)17(20)22-19)14-5-3-4-13(10-14)12-6-8-15(9-7-12)21-18(25)26/h3-10,21H,11H2,1-2H3,(H2,20,22)(H,25,26). The summed E-state index contributed by atoms with van der Waals surface area (Å²) in [4.78, 5) is 28.8. The van der Waals surface area contributed by atoms with Crippen LogP contribution in [0.1, 0.15) is 18.9 Å². The van der Waals surface area contributed by atoms with Crippen LogP contribution >= 0.6 is 0 Å². The number of amides is 2. The number of nitrogens with zero attached hydrogens (tertiary/aromatic N) is 2. The van der Waals surface area contributed by atoms with Crippen molar-refractivity contribution in [2.45, 2.75) is 18.9 Å². The summed E-state index contributed by atoms with van der Waals surface area (Å²) in [7, 11) is 1.61. The van der Waals surface area contributed by atoms with Gasteiger partial charge in [0.15, 0.2) is 5.96 Å². The highest BCUT2D eigenvalue weighted by Crippen LogP contribution is 2.35. The molecular formula is C19H20N4O3. The van der Waals surface area contributed by atoms with Crippen LogP contribution in [-0.4, -0.2) is 35.0 Å². The maximum Gasteiger partial charge on any atom is 0.409 e. The Morgan fingerprint density at radius 2 is 1.92 bits per heavy atom. The van der Waals surface area contributed by atoms with E-state index in [-0.39, 0.29) is 18.3 Å². The van der Waals surface area contributed by atoms with Gasteiger partial charge in [-0.25, -0.2) is 9.79 Å². The Morgan fingerprint density at radius 3 is 2.54 bits per heavy atom. The zero-order valence-electron chi connectivity index (χ0n) is 14.6. The molecule has 3 rings (SSSR count). The van der Waals surface area contributed by atoms with Gasteiger partial charge in [0.2, 0.25) is 5.91 Å². The molecule has 1 aliphatic rings. The number of rotatable bonds is 3. The average molecular weight is 352 g/mol. The SMILES string of the molecule is CN1C(=O)CC(C)(c2cccc(-c3ccc(NC(=O)O)cc3)c2)N=C1N. The first kappa shape index (κ1) is 17.5. The van der Waals surface area contributed by atoms with E-state index in [0.717, 1.165) is 16.7 Å². The zero-order chi connectivity index (χ0) is 18.9. The molecule has 7 nitrogen and oxygen atoms in total. The number of nitrogens with two attached hydrogens (primary N) is 1. The van der Waals surface area contributed by atoms with Crippen molar-refractivity contribution in [3.8, 4) is 11.1 Å². The van der Waals surface area contributed by atoms with Gasteiger partial charge in [0, 0.05) is 12.7 Å². The number of nitrogens with one attached hydrogen (secondary N) is 1. The summed E-state index contributed by atoms with van der Waals surface area (Å²) in [6.07, 6.45) is -0.857. The first-order valence-corrected chi connectivity index (χ1v) is 8.11. The van der Waals surface area contributed by atoms with Gasteiger partial charge in [-0.2, -0.15) is 0 Å². The molecular weight excluding hydrogens is 332 g/mol. The van der Waals surface area contributed by atoms with Crippen LogP contribution in [0.5, 0.6) is 0 Å². The first-order chi connectivity index (χ1) is 12.3. The third-order valence-electron chi connectivity index (χ3n) is 4.53. The van der Waals surface area contributed by atoms with Gasteiger partial charge in [-0.1, -0.05) is 30.3 Å². The second-order valence-corrected chi connectivity index (χ2v) is 6.46. The smallest absolute Gasteiger partial charge is 0.409 e. The molecule has 2 aromatic rings. The normalized spacial score (nSPS) is 19.8. The molecule has 26 heavy (non-hydrogen) atoms. The minimum atomic E-state index is -1.10. The second kappa shape index (κ2) is 6.51. The fraction of sp³-hybridized carbons (Fsp3) is 0.211. The van der Waals surface area contributed by atoms with E-state index in [1.54, 1.807) is 19.2 Å². The monoisotopic (exact) mass is 352 g/mol. The van der Waals surface area contributed by atoms with Crippen molar-refractivity contribution >= 4 is 23.6 Å². The Bertz CT molecular complexity index is 892. The van der Waals surface area contributed by atoms with Gasteiger partial charge in [0.25, 0.3) is 0 Å². The molecule has 0 aliphatic carbocycles. The third-order valence-corrected chi connectivity index (χ3v) is 4.53. The van der Waals surface area contributed by atoms with Gasteiger partial charge in [-0.05, 0) is 41.8 Å². The van der Waals surface area contributed by atoms with Gasteiger partial charge >= 0.3 is 6.09 Å². The van der Waals surface area contributed by atoms with Crippen molar-refractivity contribution in [2.75, 3.05) is 12.4 Å². The lowest BCUT2D eigenvalue weighted by atomic mass is 9.86. The molecule has 2 aromatic carbocycles. The summed E-state index contributed by atoms with van der Waals surface area (Å²) < 4.78 is 0. The minimum absolute atomic E-state index is 0.0745. The van der Waals surface area contributed by atoms with E-state index in [9.17, 15) is 9.59 Å². The van der Waals surface area contributed by atoms with Crippen LogP contribution in [0.3, 0.4) is 0 Å². The van der Waals surface area contributed by atoms with E-state index in [0.29, 0.717) is 5.69 Å². The predicted octanol–water partition coefficient (Wildman–Crippen LogP) is 2.84. The van der Waals surface area contributed by atoms with Crippen molar-refractivity contribution < 1.29 is 14.7 Å². The molecule has 1 aliphatic heterocycles. The Hall–Kier alpha value is -3.35. The maximum absolute atomic E-state index is 12.2. The number of benzene rings is 2. The molecule has 0 fully saturated rings. The average Bonchev–Trinajstić information content (AvgIpc) is 2.60. The molecule has 1 unspecified atom stereocenters. The molecule has 4 N–H and O–H groups in total. The summed E-state index contributed by atoms with van der Waals surface area (Å²) in [6, 6.07) is 14.9. The summed E-state index contributed by atoms with van der Waals surface area (Å²) in [5, 5.41) is 11.1. The lowest BCUT2D eigenvalue weighted by molar-refractivity contribution is -0.128. The number of anilines is 1. The highest BCUT2D eigenvalue weighted by atomic mass is 16.4. The maximum atomic E-state index is 12.2. The quantitative estimate of drug-likeness (QED) is 0.789. The number of carboxylic acid groups (broad SMARTS) is 1. The first-order valence-electron chi connectivity index (χ1n) is 8.11. The number of carbonyl (C=O) groups excluding carboxylic acids is 1. The topological polar surface area (TPSA) is 108 Å². The van der Waals surface area contributed by atoms with Gasteiger partial charge in [0.1, 0.15) is 0 Å². The minimum Gasteiger partial charge on any atom is -0.465 e. The fourth-order valence-electron chi connectivity index (χ4n) is 2.98. The van der Waals surface area contributed by atoms with Gasteiger partial charge in [-0.3, -0.25) is 15.0 Å². The summed E-state index contributed by atoms with van der Waals surface area (Å²) in [5.74, 6) is 0.132. The van der Waals surface area contributed by atoms with Crippen LogP contribution in [-0.2, 0) is 10.3 Å². The summed E-state index contributed by atoms with van der Waals surface area (Å²) in [6.45, 7) is 1.89. The fourth-order valence-corrected chi connectivity index (χ4v) is 2.98. The number of aliphatic imine (C=N–C) groups is 1. The number of hydrogen-bond acceptors (Lipinski definition) is 4. The molecule has 0 bridgehead atoms. The Labute approximate surface area is 151 Å². The highest BCUT2D eigenvalue weighted by Gasteiger charge is 2.36. The van der Waals surface area contributed by atoms with Gasteiger partial charge in [-0.15, -0.1) is 0 Å². The van der Waals surface area contributed by atoms with E-state index in [2.05, 4.69) is 10.3 Å². The van der Waals surface area contributed by atoms with E-state index in [4.69, 9.17) is 10.8 Å². The third kappa shape index (κ3) is 3.37. The molecule has 0 saturated carbocycles. The summed E-state index contributed by atoms with van der Waals surface area (Å²) in [5.41, 5.74) is 8.45. The second-order valence-electron chi connectivity index (χ2n) is 6.46. The van der Waals surface area contributed by atoms with Crippen LogP contribution in [0.15, 0.2) is 53.5 Å². The Kier molecular flexibility index (Phi) is 4.38. The molecule has 0 saturated heterocycles. The number of carbonyl (C=O) groups is 2. The zero-order valence-corrected chi connectivity index (χ0v) is 14.6. The van der Waals surface area contributed by atoms with E-state index < -0.39 is 11.6 Å². The molecule has 0 radical (unpaired) electrons. The van der Waals surface area contributed by atoms with Crippen molar-refractivity contribution in [1.29, 1.82) is 0 Å². The Morgan fingerprint density at radius 1 is 1.23 bits per heavy atom. The van der Waals surface area contributed by atoms with Gasteiger partial charge < -0.3 is 10.8 Å². The van der Waals surface area contributed by atoms with Crippen LogP contribution < -0.4 is 11.1 Å². The van der Waals surface area contributed by atoms with E-state index in [1.165, 1.54) is 4.90 Å².